The smallest absolute Gasteiger partial charge is 0.165 e. The van der Waals surface area contributed by atoms with Crippen molar-refractivity contribution in [1.29, 1.82) is 0 Å². The average Bonchev–Trinajstić information content (AvgIpc) is 1.55. The largest absolute Gasteiger partial charge is 0.324 e. The van der Waals surface area contributed by atoms with Crippen molar-refractivity contribution in [2.24, 2.45) is 0 Å². The molecular weight excluding hydrogens is 1650 g/mol. The van der Waals surface area contributed by atoms with Crippen LogP contribution >= 0.6 is 0 Å². The van der Waals surface area contributed by atoms with Crippen molar-refractivity contribution in [2.75, 3.05) is 0 Å². The summed E-state index contributed by atoms with van der Waals surface area (Å²) in [4.78, 5) is 49.4. The maximum atomic E-state index is 6.77. The minimum absolute atomic E-state index is 0.904. The topological polar surface area (TPSA) is 109 Å². The molecule has 762 valence electrons. The van der Waals surface area contributed by atoms with Gasteiger partial charge in [0.15, 0.2) is 23.3 Å². The molecule has 0 saturated carbocycles. The molecule has 2 N–H and O–H groups in total. The predicted octanol–water partition coefficient (Wildman–Crippen LogP) is 40.8. The van der Waals surface area contributed by atoms with Gasteiger partial charge in [0, 0.05) is 43.8 Å². The molecule has 5 heterocycles. The van der Waals surface area contributed by atoms with Crippen molar-refractivity contribution in [2.45, 2.75) is 624 Å². The highest BCUT2D eigenvalue weighted by molar-refractivity contribution is 6.12. The fourth-order valence-electron chi connectivity index (χ4n) is 24.2. The number of hydrogen-bond donors (Lipinski definition) is 2. The molecule has 2 aliphatic rings. The van der Waals surface area contributed by atoms with Crippen LogP contribution in [0.2, 0.25) is 0 Å². The summed E-state index contributed by atoms with van der Waals surface area (Å²) in [5, 5.41) is 5.44. The summed E-state index contributed by atoms with van der Waals surface area (Å²) < 4.78 is 0. The Hall–Kier alpha value is -5.76. The zero-order valence-electron chi connectivity index (χ0n) is 92.3. The fourth-order valence-corrected chi connectivity index (χ4v) is 24.2. The third-order valence-corrected chi connectivity index (χ3v) is 31.9. The van der Waals surface area contributed by atoms with E-state index >= 15 is 0 Å². The first-order valence-electron chi connectivity index (χ1n) is 60.7. The van der Waals surface area contributed by atoms with Gasteiger partial charge in [-0.1, -0.05) is 419 Å². The molecule has 8 heteroatoms. The number of rotatable bonds is 80. The number of unbranched alkanes of at least 4 members (excludes halogenated alkanes) is 48. The zero-order chi connectivity index (χ0) is 96.7. The van der Waals surface area contributed by atoms with E-state index in [0.717, 1.165) is 200 Å². The number of fused-ring (bicyclic) bond motifs is 20. The molecule has 0 aliphatic carbocycles. The molecule has 0 atom stereocenters. The van der Waals surface area contributed by atoms with Crippen LogP contribution in [0, 0.1) is 0 Å². The summed E-state index contributed by atoms with van der Waals surface area (Å²) in [6.45, 7) is 38.7. The zero-order valence-corrected chi connectivity index (χ0v) is 92.3. The molecule has 3 aromatic heterocycles. The van der Waals surface area contributed by atoms with Crippen LogP contribution < -0.4 is 0 Å². The number of nitrogens with one attached hydrogen (secondary N) is 2. The Kier molecular flexibility index (Phi) is 56.0. The molecule has 0 radical (unpaired) electrons. The van der Waals surface area contributed by atoms with E-state index in [4.69, 9.17) is 29.9 Å². The Morgan fingerprint density at radius 2 is 0.228 bits per heavy atom. The quantitative estimate of drug-likeness (QED) is 0.0368. The van der Waals surface area contributed by atoms with Crippen molar-refractivity contribution in [1.82, 2.24) is 39.9 Å². The van der Waals surface area contributed by atoms with Crippen molar-refractivity contribution in [3.63, 3.8) is 0 Å². The molecule has 136 heavy (non-hydrogen) atoms. The Labute approximate surface area is 837 Å². The Morgan fingerprint density at radius 3 is 0.353 bits per heavy atom. The van der Waals surface area contributed by atoms with Crippen LogP contribution in [-0.2, 0) is 103 Å². The third-order valence-electron chi connectivity index (χ3n) is 31.9. The maximum absolute atomic E-state index is 6.77. The van der Waals surface area contributed by atoms with Crippen LogP contribution in [0.25, 0.3) is 89.7 Å². The summed E-state index contributed by atoms with van der Waals surface area (Å²) in [7, 11) is 0. The second kappa shape index (κ2) is 66.9. The molecule has 8 bridgehead atoms. The lowest BCUT2D eigenvalue weighted by Crippen LogP contribution is -2.11. The minimum Gasteiger partial charge on any atom is -0.324 e. The summed E-state index contributed by atoms with van der Waals surface area (Å²) in [6.07, 6.45) is 96.0. The first-order chi connectivity index (χ1) is 67.0. The van der Waals surface area contributed by atoms with E-state index in [9.17, 15) is 0 Å². The van der Waals surface area contributed by atoms with Crippen molar-refractivity contribution >= 4 is 44.1 Å². The molecule has 0 amide bonds. The van der Waals surface area contributed by atoms with Crippen LogP contribution in [0.4, 0.5) is 0 Å². The molecule has 0 fully saturated rings. The lowest BCUT2D eigenvalue weighted by Gasteiger charge is -2.25. The summed E-state index contributed by atoms with van der Waals surface area (Å²) in [5.41, 5.74) is 35.2. The molecule has 7 aromatic rings. The van der Waals surface area contributed by atoms with Gasteiger partial charge in [-0.15, -0.1) is 0 Å². The number of nitrogens with zero attached hydrogens (tertiary/aromatic N) is 6. The Bertz CT molecular complexity index is 4130. The van der Waals surface area contributed by atoms with Gasteiger partial charge in [0.2, 0.25) is 0 Å². The number of aromatic nitrogens is 8. The normalized spacial score (nSPS) is 12.1. The number of aryl methyl sites for hydroxylation is 4. The Balaban J connectivity index is 1.78. The summed E-state index contributed by atoms with van der Waals surface area (Å²) >= 11 is 0. The van der Waals surface area contributed by atoms with E-state index in [2.05, 4.69) is 121 Å². The van der Waals surface area contributed by atoms with Gasteiger partial charge in [-0.3, -0.25) is 0 Å². The van der Waals surface area contributed by atoms with Gasteiger partial charge < -0.3 is 9.97 Å². The van der Waals surface area contributed by atoms with Gasteiger partial charge in [-0.05, 0) is 294 Å². The van der Waals surface area contributed by atoms with Gasteiger partial charge in [0.05, 0.1) is 0 Å². The molecule has 4 aromatic carbocycles. The molecule has 0 saturated heterocycles. The van der Waals surface area contributed by atoms with E-state index in [-0.39, 0.29) is 0 Å². The third kappa shape index (κ3) is 33.2. The van der Waals surface area contributed by atoms with Crippen molar-refractivity contribution < 1.29 is 0 Å². The molecular formula is C128H210N8. The van der Waals surface area contributed by atoms with Crippen LogP contribution in [0.3, 0.4) is 0 Å². The van der Waals surface area contributed by atoms with Gasteiger partial charge in [-0.25, -0.2) is 29.9 Å². The van der Waals surface area contributed by atoms with Gasteiger partial charge in [0.25, 0.3) is 0 Å². The number of hydrogen-bond acceptors (Lipinski definition) is 6. The van der Waals surface area contributed by atoms with Gasteiger partial charge in [0.1, 0.15) is 22.6 Å². The first-order valence-corrected chi connectivity index (χ1v) is 60.7. The van der Waals surface area contributed by atoms with Crippen LogP contribution in [0.15, 0.2) is 0 Å². The first kappa shape index (κ1) is 114. The summed E-state index contributed by atoms with van der Waals surface area (Å²) in [5.74, 6) is 3.62. The van der Waals surface area contributed by atoms with Crippen LogP contribution in [0.1, 0.15) is 611 Å². The van der Waals surface area contributed by atoms with Gasteiger partial charge >= 0.3 is 0 Å². The number of benzene rings is 4. The molecule has 0 unspecified atom stereocenters. The molecule has 8 nitrogen and oxygen atoms in total. The molecule has 9 rings (SSSR count). The molecule has 0 spiro atoms. The van der Waals surface area contributed by atoms with Gasteiger partial charge in [-0.2, -0.15) is 0 Å². The SMILES string of the molecule is CCCCCCc1c(CCCCCC)c(CCCCCC)c2c(c1CCCCCC)-c1nc-2nc2[nH]c(nc3nc(nc4[nH]c(n1)c1c(CCCCCC)c(CCCCCC)c(CCCCCC)c(CCCCCC)c41)-c1c(CCCCCC)c(CCCCCC)c(CCCCCC)c(CCCCCC)c1-3)c1c(CCCCCC)c(CCCCCC)c(CCCCCC)c(CCCCCC)c21. The highest BCUT2D eigenvalue weighted by Crippen LogP contribution is 2.51. The fraction of sp³-hybridized carbons (Fsp3) is 0.750. The predicted molar refractivity (Wildman–Crippen MR) is 602 cm³/mol. The average molecular weight is 1860 g/mol. The van der Waals surface area contributed by atoms with E-state index in [1.807, 2.05) is 0 Å². The van der Waals surface area contributed by atoms with Crippen LogP contribution in [0.5, 0.6) is 0 Å². The van der Waals surface area contributed by atoms with Crippen molar-refractivity contribution in [3.05, 3.63) is 89.0 Å². The number of H-pyrrole nitrogens is 2. The van der Waals surface area contributed by atoms with E-state index < -0.39 is 0 Å². The summed E-state index contributed by atoms with van der Waals surface area (Å²) in [6, 6.07) is 0. The maximum Gasteiger partial charge on any atom is 0.165 e. The molecule has 2 aliphatic heterocycles. The second-order valence-corrected chi connectivity index (χ2v) is 43.2. The number of aromatic amines is 2. The second-order valence-electron chi connectivity index (χ2n) is 43.2. The Morgan fingerprint density at radius 1 is 0.118 bits per heavy atom. The lowest BCUT2D eigenvalue weighted by molar-refractivity contribution is 0.632. The van der Waals surface area contributed by atoms with E-state index in [1.54, 1.807) is 89.0 Å². The lowest BCUT2D eigenvalue weighted by atomic mass is 9.79. The standard InChI is InChI=1S/C128H210N8/c1-17-33-49-65-81-97-98(82-66-50-34-18-2)106(90-74-58-42-26-10)114-113(105(97)89-73-57-41-25-9)121-129-122(114)134-124-117-109(93-77-61-45-29-13)101(85-69-53-37-21-5)102(86-70-54-38-22-6)110(94-78-62-46-30-14)118(117)126(131-124)136-128-120-112(96-80-64-48-32-16)104(88-72-56-40-24-8)103(87-71-55-39-23-7)111(95-79-63-47-31-15)119(120)127(132-128)135-125-116-108(92-76-60-44-28-12)100(84-68-52-36-20-4)99(83-67-51-35-19-3)107(91-75-59-43-27-11)115(116)123(130-125)133-121/h17-96H2,1-16H3,(H2,129,130,131,132,133,134,135,136). The van der Waals surface area contributed by atoms with E-state index in [1.165, 1.54) is 403 Å². The van der Waals surface area contributed by atoms with Crippen molar-refractivity contribution in [3.8, 4) is 45.6 Å². The minimum atomic E-state index is 0.904. The van der Waals surface area contributed by atoms with Crippen LogP contribution in [-0.4, -0.2) is 39.9 Å². The highest BCUT2D eigenvalue weighted by atomic mass is 15.1. The van der Waals surface area contributed by atoms with E-state index in [0.29, 0.717) is 0 Å². The monoisotopic (exact) mass is 1860 g/mol. The highest BCUT2D eigenvalue weighted by Gasteiger charge is 2.37.